The predicted octanol–water partition coefficient (Wildman–Crippen LogP) is 0.557. The van der Waals surface area contributed by atoms with Crippen molar-refractivity contribution in [1.82, 2.24) is 4.72 Å². The number of carbonyl (C=O) groups excluding carboxylic acids is 1. The van der Waals surface area contributed by atoms with Crippen LogP contribution in [0.2, 0.25) is 0 Å². The summed E-state index contributed by atoms with van der Waals surface area (Å²) < 4.78 is 32.5. The molecule has 1 aliphatic rings. The number of rotatable bonds is 6. The fourth-order valence-corrected chi connectivity index (χ4v) is 3.83. The smallest absolute Gasteiger partial charge is 0.305 e. The summed E-state index contributed by atoms with van der Waals surface area (Å²) in [5, 5.41) is 11.5. The van der Waals surface area contributed by atoms with Crippen LogP contribution in [0.15, 0.2) is 29.2 Å². The van der Waals surface area contributed by atoms with E-state index in [1.807, 2.05) is 0 Å². The van der Waals surface area contributed by atoms with Gasteiger partial charge < -0.3 is 15.2 Å². The summed E-state index contributed by atoms with van der Waals surface area (Å²) in [6.07, 6.45) is -0.0568. The highest BCUT2D eigenvalue weighted by Gasteiger charge is 2.41. The Bertz CT molecular complexity index is 692. The number of nitrogens with one attached hydrogen (secondary N) is 2. The molecule has 0 aliphatic carbocycles. The van der Waals surface area contributed by atoms with Crippen LogP contribution in [0.25, 0.3) is 0 Å². The van der Waals surface area contributed by atoms with Gasteiger partial charge in [0.1, 0.15) is 0 Å². The van der Waals surface area contributed by atoms with Gasteiger partial charge in [-0.15, -0.1) is 0 Å². The lowest BCUT2D eigenvalue weighted by Crippen LogP contribution is -2.50. The monoisotopic (exact) mass is 342 g/mol. The van der Waals surface area contributed by atoms with Gasteiger partial charge in [0, 0.05) is 19.2 Å². The zero-order valence-electron chi connectivity index (χ0n) is 12.5. The van der Waals surface area contributed by atoms with Gasteiger partial charge in [0.2, 0.25) is 15.9 Å². The predicted molar refractivity (Wildman–Crippen MR) is 81.5 cm³/mol. The summed E-state index contributed by atoms with van der Waals surface area (Å²) in [7, 11) is -3.90. The van der Waals surface area contributed by atoms with Gasteiger partial charge in [-0.3, -0.25) is 9.59 Å². The van der Waals surface area contributed by atoms with Crippen molar-refractivity contribution in [2.75, 3.05) is 18.5 Å². The highest BCUT2D eigenvalue weighted by atomic mass is 32.2. The topological polar surface area (TPSA) is 122 Å². The minimum atomic E-state index is -3.90. The molecule has 0 radical (unpaired) electrons. The molecule has 1 aromatic rings. The molecule has 23 heavy (non-hydrogen) atoms. The van der Waals surface area contributed by atoms with E-state index in [1.165, 1.54) is 31.2 Å². The van der Waals surface area contributed by atoms with E-state index in [4.69, 9.17) is 9.84 Å². The van der Waals surface area contributed by atoms with Crippen molar-refractivity contribution >= 4 is 27.6 Å². The Morgan fingerprint density at radius 3 is 2.43 bits per heavy atom. The quantitative estimate of drug-likeness (QED) is 0.694. The number of carboxylic acids is 1. The normalized spacial score (nSPS) is 21.1. The third-order valence-electron chi connectivity index (χ3n) is 3.43. The average molecular weight is 342 g/mol. The molecule has 1 unspecified atom stereocenters. The Morgan fingerprint density at radius 2 is 1.96 bits per heavy atom. The number of anilines is 1. The van der Waals surface area contributed by atoms with Gasteiger partial charge in [0.05, 0.1) is 23.5 Å². The fourth-order valence-electron chi connectivity index (χ4n) is 2.42. The molecular weight excluding hydrogens is 324 g/mol. The molecule has 1 amide bonds. The van der Waals surface area contributed by atoms with Crippen molar-refractivity contribution in [1.29, 1.82) is 0 Å². The van der Waals surface area contributed by atoms with Crippen LogP contribution in [0.1, 0.15) is 19.8 Å². The molecule has 0 bridgehead atoms. The molecule has 126 valence electrons. The lowest BCUT2D eigenvalue weighted by Gasteiger charge is -2.26. The Kier molecular flexibility index (Phi) is 5.03. The molecule has 1 saturated heterocycles. The summed E-state index contributed by atoms with van der Waals surface area (Å²) in [4.78, 5) is 21.9. The van der Waals surface area contributed by atoms with Crippen LogP contribution in [-0.4, -0.2) is 44.2 Å². The second-order valence-corrected chi connectivity index (χ2v) is 7.15. The lowest BCUT2D eigenvalue weighted by atomic mass is 9.96. The summed E-state index contributed by atoms with van der Waals surface area (Å²) in [5.74, 6) is -1.36. The van der Waals surface area contributed by atoms with Gasteiger partial charge >= 0.3 is 5.97 Å². The molecule has 0 spiro atoms. The molecule has 0 aromatic heterocycles. The van der Waals surface area contributed by atoms with Gasteiger partial charge in [-0.1, -0.05) is 0 Å². The van der Waals surface area contributed by atoms with Crippen LogP contribution in [-0.2, 0) is 24.3 Å². The Balaban J connectivity index is 2.20. The fraction of sp³-hybridized carbons (Fsp3) is 0.429. The third-order valence-corrected chi connectivity index (χ3v) is 5.02. The number of aliphatic carboxylic acids is 1. The minimum absolute atomic E-state index is 0.0109. The molecule has 1 aliphatic heterocycles. The molecule has 9 heteroatoms. The highest BCUT2D eigenvalue weighted by Crippen LogP contribution is 2.26. The zero-order chi connectivity index (χ0) is 17.1. The molecule has 1 fully saturated rings. The number of sulfonamides is 1. The van der Waals surface area contributed by atoms with Gasteiger partial charge in [-0.05, 0) is 30.7 Å². The maximum Gasteiger partial charge on any atom is 0.305 e. The van der Waals surface area contributed by atoms with Crippen LogP contribution in [0, 0.1) is 0 Å². The molecule has 1 atom stereocenters. The van der Waals surface area contributed by atoms with Gasteiger partial charge in [0.15, 0.2) is 0 Å². The van der Waals surface area contributed by atoms with E-state index in [0.29, 0.717) is 18.7 Å². The number of hydrogen-bond acceptors (Lipinski definition) is 5. The molecule has 8 nitrogen and oxygen atoms in total. The van der Waals surface area contributed by atoms with Crippen molar-refractivity contribution in [3.8, 4) is 0 Å². The SMILES string of the molecule is CC(=O)Nc1ccc(S(=O)(=O)NC2(CC(=O)O)CCOC2)cc1. The van der Waals surface area contributed by atoms with Crippen molar-refractivity contribution in [3.05, 3.63) is 24.3 Å². The molecule has 1 heterocycles. The Morgan fingerprint density at radius 1 is 1.30 bits per heavy atom. The summed E-state index contributed by atoms with van der Waals surface area (Å²) in [6.45, 7) is 1.67. The lowest BCUT2D eigenvalue weighted by molar-refractivity contribution is -0.138. The van der Waals surface area contributed by atoms with Crippen molar-refractivity contribution < 1.29 is 27.9 Å². The maximum atomic E-state index is 12.5. The van der Waals surface area contributed by atoms with Crippen molar-refractivity contribution in [3.63, 3.8) is 0 Å². The van der Waals surface area contributed by atoms with E-state index in [-0.39, 0.29) is 23.8 Å². The number of ether oxygens (including phenoxy) is 1. The largest absolute Gasteiger partial charge is 0.481 e. The Hall–Kier alpha value is -1.97. The number of benzene rings is 1. The van der Waals surface area contributed by atoms with Crippen molar-refractivity contribution in [2.24, 2.45) is 0 Å². The first-order valence-corrected chi connectivity index (χ1v) is 8.42. The van der Waals surface area contributed by atoms with Crippen molar-refractivity contribution in [2.45, 2.75) is 30.2 Å². The van der Waals surface area contributed by atoms with Crippen LogP contribution in [0.3, 0.4) is 0 Å². The average Bonchev–Trinajstić information content (AvgIpc) is 2.85. The first-order valence-electron chi connectivity index (χ1n) is 6.94. The zero-order valence-corrected chi connectivity index (χ0v) is 13.4. The van der Waals surface area contributed by atoms with Crippen LogP contribution in [0.4, 0.5) is 5.69 Å². The number of amides is 1. The first kappa shape index (κ1) is 17.4. The minimum Gasteiger partial charge on any atom is -0.481 e. The number of carboxylic acid groups (broad SMARTS) is 1. The van der Waals surface area contributed by atoms with Gasteiger partial charge in [-0.2, -0.15) is 0 Å². The standard InChI is InChI=1S/C14H18N2O6S/c1-10(17)15-11-2-4-12(5-3-11)23(20,21)16-14(8-13(18)19)6-7-22-9-14/h2-5,16H,6-9H2,1H3,(H,15,17)(H,18,19). The van der Waals surface area contributed by atoms with E-state index in [9.17, 15) is 18.0 Å². The molecular formula is C14H18N2O6S. The third kappa shape index (κ3) is 4.50. The highest BCUT2D eigenvalue weighted by molar-refractivity contribution is 7.89. The van der Waals surface area contributed by atoms with Gasteiger partial charge in [-0.25, -0.2) is 13.1 Å². The number of hydrogen-bond donors (Lipinski definition) is 3. The summed E-state index contributed by atoms with van der Waals surface area (Å²) >= 11 is 0. The molecule has 2 rings (SSSR count). The number of carbonyl (C=O) groups is 2. The Labute approximate surface area is 133 Å². The molecule has 1 aromatic carbocycles. The van der Waals surface area contributed by atoms with E-state index < -0.39 is 21.5 Å². The van der Waals surface area contributed by atoms with Crippen LogP contribution < -0.4 is 10.0 Å². The van der Waals surface area contributed by atoms with E-state index >= 15 is 0 Å². The maximum absolute atomic E-state index is 12.5. The second-order valence-electron chi connectivity index (χ2n) is 5.46. The van der Waals surface area contributed by atoms with Crippen LogP contribution in [0.5, 0.6) is 0 Å². The second kappa shape index (κ2) is 6.65. The summed E-state index contributed by atoms with van der Waals surface area (Å²) in [6, 6.07) is 5.62. The molecule has 0 saturated carbocycles. The van der Waals surface area contributed by atoms with E-state index in [2.05, 4.69) is 10.0 Å². The van der Waals surface area contributed by atoms with Gasteiger partial charge in [0.25, 0.3) is 0 Å². The van der Waals surface area contributed by atoms with E-state index in [1.54, 1.807) is 0 Å². The molecule has 3 N–H and O–H groups in total. The first-order chi connectivity index (χ1) is 10.7. The van der Waals surface area contributed by atoms with Crippen LogP contribution >= 0.6 is 0 Å². The van der Waals surface area contributed by atoms with E-state index in [0.717, 1.165) is 0 Å². The summed E-state index contributed by atoms with van der Waals surface area (Å²) in [5.41, 5.74) is -0.665.